The number of amides is 1. The summed E-state index contributed by atoms with van der Waals surface area (Å²) in [6.07, 6.45) is 0. The summed E-state index contributed by atoms with van der Waals surface area (Å²) in [6.45, 7) is -0.435. The minimum absolute atomic E-state index is 0.0480. The summed E-state index contributed by atoms with van der Waals surface area (Å²) in [5.41, 5.74) is 0.0185. The van der Waals surface area contributed by atoms with Crippen molar-refractivity contribution in [3.63, 3.8) is 0 Å². The summed E-state index contributed by atoms with van der Waals surface area (Å²) in [4.78, 5) is 22.3. The Morgan fingerprint density at radius 2 is 2.00 bits per heavy atom. The van der Waals surface area contributed by atoms with Crippen molar-refractivity contribution in [2.75, 3.05) is 19.0 Å². The lowest BCUT2D eigenvalue weighted by atomic mass is 10.3. The molecular formula is C15H12Cl2N2O5. The minimum Gasteiger partial charge on any atom is -0.496 e. The Morgan fingerprint density at radius 1 is 1.25 bits per heavy atom. The third kappa shape index (κ3) is 4.50. The number of benzene rings is 2. The number of methoxy groups -OCH3 is 1. The third-order valence-corrected chi connectivity index (χ3v) is 3.49. The minimum atomic E-state index is -0.621. The molecule has 0 aliphatic heterocycles. The first-order valence-corrected chi connectivity index (χ1v) is 7.36. The summed E-state index contributed by atoms with van der Waals surface area (Å²) in [6, 6.07) is 8.66. The van der Waals surface area contributed by atoms with E-state index in [9.17, 15) is 14.9 Å². The molecule has 0 heterocycles. The van der Waals surface area contributed by atoms with E-state index >= 15 is 0 Å². The first kappa shape index (κ1) is 17.8. The second kappa shape index (κ2) is 7.85. The van der Waals surface area contributed by atoms with Crippen molar-refractivity contribution in [2.45, 2.75) is 0 Å². The van der Waals surface area contributed by atoms with Crippen LogP contribution in [-0.2, 0) is 4.79 Å². The Kier molecular flexibility index (Phi) is 5.83. The van der Waals surface area contributed by atoms with Crippen LogP contribution in [0.3, 0.4) is 0 Å². The van der Waals surface area contributed by atoms with Crippen LogP contribution in [0.5, 0.6) is 11.5 Å². The molecule has 0 saturated heterocycles. The van der Waals surface area contributed by atoms with E-state index < -0.39 is 17.4 Å². The number of halogens is 2. The SMILES string of the molecule is COc1ccc(OCC(=O)Nc2cc(Cl)ccc2Cl)c([N+](=O)[O-])c1. The number of nitrogens with one attached hydrogen (secondary N) is 1. The van der Waals surface area contributed by atoms with Gasteiger partial charge in [0.2, 0.25) is 0 Å². The second-order valence-corrected chi connectivity index (χ2v) is 5.40. The Bertz CT molecular complexity index is 782. The number of nitrogens with zero attached hydrogens (tertiary/aromatic N) is 1. The van der Waals surface area contributed by atoms with Gasteiger partial charge in [0.15, 0.2) is 12.4 Å². The Morgan fingerprint density at radius 3 is 2.67 bits per heavy atom. The standard InChI is InChI=1S/C15H12Cl2N2O5/c1-23-10-3-5-14(13(7-10)19(21)22)24-8-15(20)18-12-6-9(16)2-4-11(12)17/h2-7H,8H2,1H3,(H,18,20). The molecule has 7 nitrogen and oxygen atoms in total. The number of hydrogen-bond donors (Lipinski definition) is 1. The summed E-state index contributed by atoms with van der Waals surface area (Å²) in [7, 11) is 1.39. The van der Waals surface area contributed by atoms with Gasteiger partial charge in [0.05, 0.1) is 28.8 Å². The monoisotopic (exact) mass is 370 g/mol. The largest absolute Gasteiger partial charge is 0.496 e. The van der Waals surface area contributed by atoms with Gasteiger partial charge in [0.1, 0.15) is 5.75 Å². The molecule has 0 fully saturated rings. The van der Waals surface area contributed by atoms with Crippen molar-refractivity contribution in [3.05, 3.63) is 56.6 Å². The summed E-state index contributed by atoms with van der Waals surface area (Å²) in [5.74, 6) is -0.276. The van der Waals surface area contributed by atoms with Gasteiger partial charge in [-0.05, 0) is 30.3 Å². The number of rotatable bonds is 6. The molecule has 1 amide bonds. The highest BCUT2D eigenvalue weighted by Gasteiger charge is 2.18. The first-order chi connectivity index (χ1) is 11.4. The van der Waals surface area contributed by atoms with Crippen LogP contribution in [0.25, 0.3) is 0 Å². The average Bonchev–Trinajstić information content (AvgIpc) is 2.56. The first-order valence-electron chi connectivity index (χ1n) is 6.61. The number of hydrogen-bond acceptors (Lipinski definition) is 5. The number of nitro groups is 1. The van der Waals surface area contributed by atoms with Crippen LogP contribution in [0.15, 0.2) is 36.4 Å². The van der Waals surface area contributed by atoms with Crippen LogP contribution in [0.1, 0.15) is 0 Å². The second-order valence-electron chi connectivity index (χ2n) is 4.55. The molecule has 0 aliphatic rings. The van der Waals surface area contributed by atoms with E-state index in [4.69, 9.17) is 32.7 Å². The maximum atomic E-state index is 11.9. The van der Waals surface area contributed by atoms with E-state index in [1.54, 1.807) is 6.07 Å². The fraction of sp³-hybridized carbons (Fsp3) is 0.133. The average molecular weight is 371 g/mol. The fourth-order valence-corrected chi connectivity index (χ4v) is 2.15. The van der Waals surface area contributed by atoms with Gasteiger partial charge in [-0.3, -0.25) is 14.9 Å². The van der Waals surface area contributed by atoms with Gasteiger partial charge >= 0.3 is 5.69 Å². The smallest absolute Gasteiger partial charge is 0.314 e. The van der Waals surface area contributed by atoms with Gasteiger partial charge in [0.25, 0.3) is 5.91 Å². The highest BCUT2D eigenvalue weighted by Crippen LogP contribution is 2.31. The van der Waals surface area contributed by atoms with E-state index in [0.717, 1.165) is 0 Å². The predicted octanol–water partition coefficient (Wildman–Crippen LogP) is 3.93. The zero-order valence-corrected chi connectivity index (χ0v) is 13.9. The van der Waals surface area contributed by atoms with Crippen molar-refractivity contribution in [3.8, 4) is 11.5 Å². The van der Waals surface area contributed by atoms with Crippen LogP contribution in [0, 0.1) is 10.1 Å². The molecule has 0 aliphatic carbocycles. The van der Waals surface area contributed by atoms with Crippen molar-refractivity contribution in [1.82, 2.24) is 0 Å². The molecule has 24 heavy (non-hydrogen) atoms. The molecule has 2 aromatic rings. The van der Waals surface area contributed by atoms with Gasteiger partial charge in [0, 0.05) is 5.02 Å². The van der Waals surface area contributed by atoms with Gasteiger partial charge in [-0.25, -0.2) is 0 Å². The molecule has 0 aromatic heterocycles. The molecule has 2 rings (SSSR count). The lowest BCUT2D eigenvalue weighted by Gasteiger charge is -2.10. The predicted molar refractivity (Wildman–Crippen MR) is 90.2 cm³/mol. The highest BCUT2D eigenvalue weighted by molar-refractivity contribution is 6.35. The van der Waals surface area contributed by atoms with Gasteiger partial charge in [-0.1, -0.05) is 23.2 Å². The topological polar surface area (TPSA) is 90.7 Å². The van der Waals surface area contributed by atoms with Crippen LogP contribution in [0.2, 0.25) is 10.0 Å². The fourth-order valence-electron chi connectivity index (χ4n) is 1.81. The van der Waals surface area contributed by atoms with E-state index in [1.165, 1.54) is 37.4 Å². The maximum absolute atomic E-state index is 11.9. The summed E-state index contributed by atoms with van der Waals surface area (Å²) < 4.78 is 10.1. The molecule has 9 heteroatoms. The van der Waals surface area contributed by atoms with Crippen molar-refractivity contribution in [2.24, 2.45) is 0 Å². The summed E-state index contributed by atoms with van der Waals surface area (Å²) >= 11 is 11.8. The molecule has 2 aromatic carbocycles. The Labute approximate surface area is 147 Å². The van der Waals surface area contributed by atoms with E-state index in [0.29, 0.717) is 21.5 Å². The van der Waals surface area contributed by atoms with E-state index in [2.05, 4.69) is 5.32 Å². The molecule has 0 bridgehead atoms. The van der Waals surface area contributed by atoms with Crippen LogP contribution in [-0.4, -0.2) is 24.5 Å². The molecule has 0 spiro atoms. The van der Waals surface area contributed by atoms with Crippen LogP contribution < -0.4 is 14.8 Å². The number of nitro benzene ring substituents is 1. The molecule has 0 radical (unpaired) electrons. The molecular weight excluding hydrogens is 359 g/mol. The summed E-state index contributed by atoms with van der Waals surface area (Å²) in [5, 5.41) is 14.3. The molecule has 126 valence electrons. The van der Waals surface area contributed by atoms with Crippen LogP contribution >= 0.6 is 23.2 Å². The lowest BCUT2D eigenvalue weighted by Crippen LogP contribution is -2.20. The molecule has 0 atom stereocenters. The number of carbonyl (C=O) groups excluding carboxylic acids is 1. The zero-order valence-electron chi connectivity index (χ0n) is 12.4. The van der Waals surface area contributed by atoms with E-state index in [1.807, 2.05) is 0 Å². The number of ether oxygens (including phenoxy) is 2. The lowest BCUT2D eigenvalue weighted by molar-refractivity contribution is -0.385. The molecule has 0 saturated carbocycles. The Balaban J connectivity index is 2.06. The quantitative estimate of drug-likeness (QED) is 0.614. The zero-order chi connectivity index (χ0) is 17.7. The van der Waals surface area contributed by atoms with Gasteiger partial charge in [-0.2, -0.15) is 0 Å². The van der Waals surface area contributed by atoms with Crippen molar-refractivity contribution in [1.29, 1.82) is 0 Å². The highest BCUT2D eigenvalue weighted by atomic mass is 35.5. The van der Waals surface area contributed by atoms with E-state index in [-0.39, 0.29) is 11.4 Å². The van der Waals surface area contributed by atoms with Crippen molar-refractivity contribution >= 4 is 40.5 Å². The molecule has 0 unspecified atom stereocenters. The molecule has 1 N–H and O–H groups in total. The maximum Gasteiger partial charge on any atom is 0.314 e. The Hall–Kier alpha value is -2.51. The number of anilines is 1. The normalized spacial score (nSPS) is 10.1. The van der Waals surface area contributed by atoms with Crippen LogP contribution in [0.4, 0.5) is 11.4 Å². The van der Waals surface area contributed by atoms with Gasteiger partial charge in [-0.15, -0.1) is 0 Å². The third-order valence-electron chi connectivity index (χ3n) is 2.92. The van der Waals surface area contributed by atoms with Gasteiger partial charge < -0.3 is 14.8 Å². The van der Waals surface area contributed by atoms with Crippen molar-refractivity contribution < 1.29 is 19.2 Å². The number of carbonyl (C=O) groups is 1.